The summed E-state index contributed by atoms with van der Waals surface area (Å²) in [6.07, 6.45) is 1.10. The predicted octanol–water partition coefficient (Wildman–Crippen LogP) is 2.83. The molecule has 1 aromatic carbocycles. The van der Waals surface area contributed by atoms with Crippen LogP contribution < -0.4 is 5.19 Å². The molecule has 0 spiro atoms. The molecule has 0 atom stereocenters. The highest BCUT2D eigenvalue weighted by Crippen LogP contribution is 2.06. The van der Waals surface area contributed by atoms with Crippen LogP contribution in [0.25, 0.3) is 0 Å². The summed E-state index contributed by atoms with van der Waals surface area (Å²) in [5.41, 5.74) is 1.31. The van der Waals surface area contributed by atoms with E-state index in [4.69, 9.17) is 4.43 Å². The van der Waals surface area contributed by atoms with Crippen LogP contribution in [-0.4, -0.2) is 14.9 Å². The molecule has 0 heterocycles. The van der Waals surface area contributed by atoms with Gasteiger partial charge in [-0.15, -0.1) is 0 Å². The largest absolute Gasteiger partial charge is 0.413 e. The van der Waals surface area contributed by atoms with E-state index in [0.29, 0.717) is 0 Å². The monoisotopic (exact) mass is 208 g/mol. The molecule has 0 radical (unpaired) electrons. The van der Waals surface area contributed by atoms with Crippen LogP contribution in [0.2, 0.25) is 13.1 Å². The maximum Gasteiger partial charge on any atom is 0.218 e. The normalized spacial score (nSPS) is 11.7. The molecule has 0 fully saturated rings. The average molecular weight is 208 g/mol. The summed E-state index contributed by atoms with van der Waals surface area (Å²) in [6, 6.07) is 8.74. The third-order valence-electron chi connectivity index (χ3n) is 2.41. The van der Waals surface area contributed by atoms with Gasteiger partial charge in [-0.05, 0) is 31.6 Å². The van der Waals surface area contributed by atoms with Gasteiger partial charge in [0.2, 0.25) is 8.32 Å². The fraction of sp³-hybridized carbons (Fsp3) is 0.500. The van der Waals surface area contributed by atoms with Crippen molar-refractivity contribution in [3.63, 3.8) is 0 Å². The Morgan fingerprint density at radius 1 is 1.14 bits per heavy atom. The van der Waals surface area contributed by atoms with E-state index >= 15 is 0 Å². The molecule has 78 valence electrons. The van der Waals surface area contributed by atoms with Crippen molar-refractivity contribution in [2.75, 3.05) is 6.61 Å². The van der Waals surface area contributed by atoms with Crippen LogP contribution in [0, 0.1) is 6.92 Å². The zero-order valence-corrected chi connectivity index (χ0v) is 10.6. The lowest BCUT2D eigenvalue weighted by Gasteiger charge is -2.23. The van der Waals surface area contributed by atoms with Crippen LogP contribution in [0.3, 0.4) is 0 Å². The Hall–Kier alpha value is -0.603. The van der Waals surface area contributed by atoms with Crippen molar-refractivity contribution < 1.29 is 4.43 Å². The molecule has 0 amide bonds. The molecule has 14 heavy (non-hydrogen) atoms. The molecule has 0 N–H and O–H groups in total. The highest BCUT2D eigenvalue weighted by molar-refractivity contribution is 6.84. The summed E-state index contributed by atoms with van der Waals surface area (Å²) in [5, 5.41) is 1.39. The fourth-order valence-electron chi connectivity index (χ4n) is 1.40. The van der Waals surface area contributed by atoms with E-state index in [9.17, 15) is 0 Å². The van der Waals surface area contributed by atoms with E-state index in [1.54, 1.807) is 0 Å². The van der Waals surface area contributed by atoms with Crippen molar-refractivity contribution in [1.82, 2.24) is 0 Å². The Bertz CT molecular complexity index is 277. The van der Waals surface area contributed by atoms with Gasteiger partial charge in [0.15, 0.2) is 0 Å². The Morgan fingerprint density at radius 2 is 1.71 bits per heavy atom. The minimum atomic E-state index is -1.62. The second-order valence-corrected chi connectivity index (χ2v) is 8.11. The number of hydrogen-bond donors (Lipinski definition) is 0. The van der Waals surface area contributed by atoms with Gasteiger partial charge in [-0.3, -0.25) is 0 Å². The standard InChI is InChI=1S/C12H20OSi/c1-5-10-13-14(3,4)12-8-6-11(2)7-9-12/h6-9H,5,10H2,1-4H3. The van der Waals surface area contributed by atoms with Gasteiger partial charge >= 0.3 is 0 Å². The first-order chi connectivity index (χ1) is 6.56. The van der Waals surface area contributed by atoms with Gasteiger partial charge in [-0.1, -0.05) is 36.8 Å². The second-order valence-electron chi connectivity index (χ2n) is 4.22. The van der Waals surface area contributed by atoms with Crippen LogP contribution in [0.4, 0.5) is 0 Å². The first-order valence-electron chi connectivity index (χ1n) is 5.27. The van der Waals surface area contributed by atoms with Gasteiger partial charge in [0, 0.05) is 6.61 Å². The molecule has 0 bridgehead atoms. The minimum Gasteiger partial charge on any atom is -0.413 e. The van der Waals surface area contributed by atoms with E-state index in [1.165, 1.54) is 10.8 Å². The summed E-state index contributed by atoms with van der Waals surface area (Å²) >= 11 is 0. The molecule has 0 aliphatic rings. The number of benzene rings is 1. The van der Waals surface area contributed by atoms with Crippen LogP contribution >= 0.6 is 0 Å². The van der Waals surface area contributed by atoms with Gasteiger partial charge in [0.1, 0.15) is 0 Å². The molecule has 1 nitrogen and oxygen atoms in total. The zero-order chi connectivity index (χ0) is 10.6. The molecule has 0 aromatic heterocycles. The Balaban J connectivity index is 2.75. The Morgan fingerprint density at radius 3 is 2.21 bits per heavy atom. The fourth-order valence-corrected chi connectivity index (χ4v) is 3.25. The van der Waals surface area contributed by atoms with E-state index < -0.39 is 8.32 Å². The predicted molar refractivity (Wildman–Crippen MR) is 64.5 cm³/mol. The Kier molecular flexibility index (Phi) is 3.90. The van der Waals surface area contributed by atoms with Gasteiger partial charge in [-0.25, -0.2) is 0 Å². The van der Waals surface area contributed by atoms with Gasteiger partial charge in [-0.2, -0.15) is 0 Å². The maximum absolute atomic E-state index is 5.94. The third-order valence-corrected chi connectivity index (χ3v) is 5.06. The number of hydrogen-bond acceptors (Lipinski definition) is 1. The molecule has 0 aliphatic carbocycles. The molecule has 2 heteroatoms. The van der Waals surface area contributed by atoms with Crippen LogP contribution in [0.5, 0.6) is 0 Å². The molecule has 0 aliphatic heterocycles. The molecule has 0 saturated heterocycles. The van der Waals surface area contributed by atoms with E-state index in [1.807, 2.05) is 0 Å². The highest BCUT2D eigenvalue weighted by atomic mass is 28.4. The molecule has 1 aromatic rings. The summed E-state index contributed by atoms with van der Waals surface area (Å²) in [5.74, 6) is 0. The summed E-state index contributed by atoms with van der Waals surface area (Å²) in [4.78, 5) is 0. The van der Waals surface area contributed by atoms with Gasteiger partial charge in [0.25, 0.3) is 0 Å². The van der Waals surface area contributed by atoms with Crippen molar-refractivity contribution in [2.24, 2.45) is 0 Å². The van der Waals surface area contributed by atoms with E-state index in [2.05, 4.69) is 51.2 Å². The molecular formula is C12H20OSi. The molecule has 1 rings (SSSR count). The first-order valence-corrected chi connectivity index (χ1v) is 8.18. The number of rotatable bonds is 4. The topological polar surface area (TPSA) is 9.23 Å². The lowest BCUT2D eigenvalue weighted by atomic mass is 10.2. The quantitative estimate of drug-likeness (QED) is 0.691. The van der Waals surface area contributed by atoms with Gasteiger partial charge in [0.05, 0.1) is 0 Å². The van der Waals surface area contributed by atoms with Crippen LogP contribution in [-0.2, 0) is 4.43 Å². The van der Waals surface area contributed by atoms with E-state index in [0.717, 1.165) is 13.0 Å². The van der Waals surface area contributed by atoms with Crippen LogP contribution in [0.15, 0.2) is 24.3 Å². The smallest absolute Gasteiger partial charge is 0.218 e. The van der Waals surface area contributed by atoms with Crippen molar-refractivity contribution in [2.45, 2.75) is 33.4 Å². The van der Waals surface area contributed by atoms with Crippen molar-refractivity contribution in [3.8, 4) is 0 Å². The second kappa shape index (κ2) is 4.76. The molecule has 0 saturated carbocycles. The lowest BCUT2D eigenvalue weighted by molar-refractivity contribution is 0.315. The molecular weight excluding hydrogens is 188 g/mol. The third kappa shape index (κ3) is 2.96. The Labute approximate surface area is 88.2 Å². The molecule has 0 unspecified atom stereocenters. The summed E-state index contributed by atoms with van der Waals surface area (Å²) in [7, 11) is -1.62. The maximum atomic E-state index is 5.94. The summed E-state index contributed by atoms with van der Waals surface area (Å²) in [6.45, 7) is 9.67. The summed E-state index contributed by atoms with van der Waals surface area (Å²) < 4.78 is 5.94. The highest BCUT2D eigenvalue weighted by Gasteiger charge is 2.24. The van der Waals surface area contributed by atoms with Crippen molar-refractivity contribution in [1.29, 1.82) is 0 Å². The van der Waals surface area contributed by atoms with E-state index in [-0.39, 0.29) is 0 Å². The van der Waals surface area contributed by atoms with Crippen LogP contribution in [0.1, 0.15) is 18.9 Å². The lowest BCUT2D eigenvalue weighted by Crippen LogP contribution is -2.44. The zero-order valence-electron chi connectivity index (χ0n) is 9.63. The minimum absolute atomic E-state index is 0.882. The first kappa shape index (κ1) is 11.5. The van der Waals surface area contributed by atoms with Crippen molar-refractivity contribution >= 4 is 13.5 Å². The average Bonchev–Trinajstić information content (AvgIpc) is 2.16. The number of aryl methyl sites for hydroxylation is 1. The van der Waals surface area contributed by atoms with Crippen molar-refractivity contribution in [3.05, 3.63) is 29.8 Å². The van der Waals surface area contributed by atoms with Gasteiger partial charge < -0.3 is 4.43 Å². The SMILES string of the molecule is CCCO[Si](C)(C)c1ccc(C)cc1.